The average molecular weight is 632 g/mol. The molecule has 0 saturated heterocycles. The van der Waals surface area contributed by atoms with Crippen molar-refractivity contribution in [2.24, 2.45) is 17.3 Å². The van der Waals surface area contributed by atoms with Gasteiger partial charge in [-0.05, 0) is 104 Å². The van der Waals surface area contributed by atoms with Gasteiger partial charge in [-0.2, -0.15) is 8.78 Å². The van der Waals surface area contributed by atoms with Crippen molar-refractivity contribution in [3.63, 3.8) is 0 Å². The number of halogens is 2. The summed E-state index contributed by atoms with van der Waals surface area (Å²) < 4.78 is 41.7. The minimum Gasteiger partial charge on any atom is -0.462 e. The molecule has 7 heteroatoms. The van der Waals surface area contributed by atoms with Gasteiger partial charge in [0.15, 0.2) is 0 Å². The first-order valence-electron chi connectivity index (χ1n) is 16.6. The second-order valence-corrected chi connectivity index (χ2v) is 13.0. The number of anilines is 2. The fourth-order valence-electron chi connectivity index (χ4n) is 6.45. The Morgan fingerprint density at radius 3 is 2.04 bits per heavy atom. The van der Waals surface area contributed by atoms with E-state index >= 15 is 8.78 Å². The third kappa shape index (κ3) is 10.9. The van der Waals surface area contributed by atoms with Gasteiger partial charge in [-0.1, -0.05) is 81.8 Å². The third-order valence-electron chi connectivity index (χ3n) is 8.95. The quantitative estimate of drug-likeness (QED) is 0.0712. The fourth-order valence-corrected chi connectivity index (χ4v) is 6.45. The lowest BCUT2D eigenvalue weighted by molar-refractivity contribution is -0.234. The molecule has 3 aromatic rings. The molecule has 2 atom stereocenters. The monoisotopic (exact) mass is 631 g/mol. The van der Waals surface area contributed by atoms with E-state index in [0.29, 0.717) is 36.2 Å². The number of benzene rings is 3. The van der Waals surface area contributed by atoms with Crippen LogP contribution in [0.5, 0.6) is 5.75 Å². The number of unbranched alkanes of at least 4 members (excludes halogenated alkanes) is 3. The molecular weight excluding hydrogens is 582 g/mol. The number of rotatable bonds is 16. The molecule has 46 heavy (non-hydrogen) atoms. The normalized spacial score (nSPS) is 17.2. The molecule has 5 nitrogen and oxygen atoms in total. The summed E-state index contributed by atoms with van der Waals surface area (Å²) in [6, 6.07) is 21.5. The number of hydrogen-bond acceptors (Lipinski definition) is 5. The van der Waals surface area contributed by atoms with E-state index in [4.69, 9.17) is 20.9 Å². The Labute approximate surface area is 273 Å². The maximum atomic E-state index is 15.4. The fraction of sp³-hybridized carbons (Fsp3) is 0.436. The lowest BCUT2D eigenvalue weighted by Crippen LogP contribution is -2.41. The lowest BCUT2D eigenvalue weighted by Gasteiger charge is -2.36. The highest BCUT2D eigenvalue weighted by molar-refractivity contribution is 5.87. The Morgan fingerprint density at radius 1 is 0.870 bits per heavy atom. The van der Waals surface area contributed by atoms with Crippen molar-refractivity contribution in [2.75, 3.05) is 18.1 Å². The standard InChI is InChI=1S/C39H49F2N2O3/c1-3-4-5-6-9-32-10-7-8-11-36(32)39(40,41)46-35-23-16-29(17-24-35)18-25-37(44)45-28-38(2,26-30-12-19-33(42)20-13-30)27-31-14-21-34(43)22-15-31/h12-25,32,36H,2-11,26-28,42-43H2,1H3/b25-18+. The number of carbonyl (C=O) groups is 1. The largest absolute Gasteiger partial charge is 0.462 e. The van der Waals surface area contributed by atoms with Crippen molar-refractivity contribution in [3.8, 4) is 5.75 Å². The highest BCUT2D eigenvalue weighted by Gasteiger charge is 2.47. The maximum Gasteiger partial charge on any atom is 0.400 e. The summed E-state index contributed by atoms with van der Waals surface area (Å²) >= 11 is 0. The van der Waals surface area contributed by atoms with Gasteiger partial charge < -0.3 is 20.9 Å². The Balaban J connectivity index is 1.33. The first-order chi connectivity index (χ1) is 22.0. The summed E-state index contributed by atoms with van der Waals surface area (Å²) in [6.07, 6.45) is 9.21. The molecule has 0 aliphatic heterocycles. The zero-order valence-electron chi connectivity index (χ0n) is 27.1. The van der Waals surface area contributed by atoms with Gasteiger partial charge in [0.05, 0.1) is 12.5 Å². The van der Waals surface area contributed by atoms with Crippen LogP contribution in [-0.4, -0.2) is 18.7 Å². The molecule has 1 fully saturated rings. The van der Waals surface area contributed by atoms with Gasteiger partial charge in [0.25, 0.3) is 0 Å². The molecule has 4 N–H and O–H groups in total. The van der Waals surface area contributed by atoms with E-state index in [1.807, 2.05) is 48.5 Å². The van der Waals surface area contributed by atoms with E-state index in [9.17, 15) is 4.79 Å². The summed E-state index contributed by atoms with van der Waals surface area (Å²) in [4.78, 5) is 12.7. The topological polar surface area (TPSA) is 87.6 Å². The molecule has 2 unspecified atom stereocenters. The van der Waals surface area contributed by atoms with Gasteiger partial charge in [0.2, 0.25) is 0 Å². The predicted molar refractivity (Wildman–Crippen MR) is 183 cm³/mol. The predicted octanol–water partition coefficient (Wildman–Crippen LogP) is 9.46. The summed E-state index contributed by atoms with van der Waals surface area (Å²) in [7, 11) is 0. The Hall–Kier alpha value is -3.87. The van der Waals surface area contributed by atoms with Gasteiger partial charge in [-0.25, -0.2) is 4.79 Å². The highest BCUT2D eigenvalue weighted by atomic mass is 19.3. The third-order valence-corrected chi connectivity index (χ3v) is 8.95. The summed E-state index contributed by atoms with van der Waals surface area (Å²) in [6.45, 7) is 6.70. The zero-order chi connectivity index (χ0) is 33.0. The van der Waals surface area contributed by atoms with Crippen molar-refractivity contribution in [1.29, 1.82) is 0 Å². The van der Waals surface area contributed by atoms with Crippen LogP contribution in [0, 0.1) is 24.2 Å². The second kappa shape index (κ2) is 16.6. The minimum absolute atomic E-state index is 0.0103. The van der Waals surface area contributed by atoms with Crippen molar-refractivity contribution in [1.82, 2.24) is 0 Å². The Kier molecular flexibility index (Phi) is 12.6. The van der Waals surface area contributed by atoms with Crippen LogP contribution in [0.25, 0.3) is 6.08 Å². The van der Waals surface area contributed by atoms with E-state index < -0.39 is 23.4 Å². The van der Waals surface area contributed by atoms with Crippen LogP contribution in [0.2, 0.25) is 0 Å². The number of hydrogen-bond donors (Lipinski definition) is 2. The maximum absolute atomic E-state index is 15.4. The second-order valence-electron chi connectivity index (χ2n) is 13.0. The number of esters is 1. The molecule has 3 aromatic carbocycles. The van der Waals surface area contributed by atoms with E-state index in [0.717, 1.165) is 62.5 Å². The molecule has 1 saturated carbocycles. The number of ether oxygens (including phenoxy) is 2. The van der Waals surface area contributed by atoms with Gasteiger partial charge in [0, 0.05) is 22.9 Å². The number of nitrogens with two attached hydrogens (primary N) is 2. The summed E-state index contributed by atoms with van der Waals surface area (Å²) in [5, 5.41) is 0. The molecule has 1 aliphatic carbocycles. The molecular formula is C39H49F2N2O3. The minimum atomic E-state index is -3.23. The molecule has 1 aliphatic rings. The average Bonchev–Trinajstić information content (AvgIpc) is 3.04. The molecule has 247 valence electrons. The number of carbonyl (C=O) groups excluding carboxylic acids is 1. The van der Waals surface area contributed by atoms with Gasteiger partial charge in [-0.3, -0.25) is 0 Å². The van der Waals surface area contributed by atoms with E-state index in [-0.39, 0.29) is 18.3 Å². The summed E-state index contributed by atoms with van der Waals surface area (Å²) in [5.41, 5.74) is 15.2. The van der Waals surface area contributed by atoms with Crippen LogP contribution in [-0.2, 0) is 22.4 Å². The molecule has 0 aromatic heterocycles. The van der Waals surface area contributed by atoms with Crippen molar-refractivity contribution >= 4 is 23.4 Å². The van der Waals surface area contributed by atoms with Crippen LogP contribution in [0.15, 0.2) is 78.9 Å². The summed E-state index contributed by atoms with van der Waals surface area (Å²) in [5.74, 6) is -1.18. The van der Waals surface area contributed by atoms with Crippen LogP contribution in [0.3, 0.4) is 0 Å². The zero-order valence-corrected chi connectivity index (χ0v) is 27.1. The molecule has 1 radical (unpaired) electrons. The SMILES string of the molecule is [CH2]C(COC(=O)/C=C/c1ccc(OC(F)(F)C2CCCCC2CCCCCC)cc1)(Cc1ccc(N)cc1)Cc1ccc(N)cc1. The molecule has 4 rings (SSSR count). The van der Waals surface area contributed by atoms with Crippen LogP contribution < -0.4 is 16.2 Å². The van der Waals surface area contributed by atoms with Gasteiger partial charge in [0.1, 0.15) is 5.75 Å². The van der Waals surface area contributed by atoms with E-state index in [1.54, 1.807) is 18.2 Å². The molecule has 0 heterocycles. The van der Waals surface area contributed by atoms with Crippen molar-refractivity contribution < 1.29 is 23.0 Å². The molecule has 0 amide bonds. The number of alkyl halides is 2. The van der Waals surface area contributed by atoms with Crippen LogP contribution in [0.1, 0.15) is 81.4 Å². The van der Waals surface area contributed by atoms with Crippen molar-refractivity contribution in [2.45, 2.75) is 83.7 Å². The first kappa shape index (κ1) is 35.0. The lowest BCUT2D eigenvalue weighted by atomic mass is 9.76. The van der Waals surface area contributed by atoms with Gasteiger partial charge in [-0.15, -0.1) is 0 Å². The molecule has 0 spiro atoms. The van der Waals surface area contributed by atoms with E-state index in [2.05, 4.69) is 13.8 Å². The Morgan fingerprint density at radius 2 is 1.46 bits per heavy atom. The van der Waals surface area contributed by atoms with Gasteiger partial charge >= 0.3 is 12.1 Å². The van der Waals surface area contributed by atoms with Crippen LogP contribution in [0.4, 0.5) is 20.2 Å². The number of nitrogen functional groups attached to an aromatic ring is 2. The first-order valence-corrected chi connectivity index (χ1v) is 16.6. The van der Waals surface area contributed by atoms with Crippen LogP contribution >= 0.6 is 0 Å². The van der Waals surface area contributed by atoms with E-state index in [1.165, 1.54) is 18.2 Å². The Bertz CT molecular complexity index is 1340. The highest BCUT2D eigenvalue weighted by Crippen LogP contribution is 2.44. The van der Waals surface area contributed by atoms with Crippen molar-refractivity contribution in [3.05, 3.63) is 102 Å². The smallest absolute Gasteiger partial charge is 0.400 e. The molecule has 0 bridgehead atoms.